The molecule has 7 rings (SSSR count). The van der Waals surface area contributed by atoms with E-state index in [-0.39, 0.29) is 59.2 Å². The zero-order valence-electron chi connectivity index (χ0n) is 23.7. The molecule has 5 aliphatic carbocycles. The van der Waals surface area contributed by atoms with E-state index in [1.807, 2.05) is 0 Å². The fourth-order valence-electron chi connectivity index (χ4n) is 10.8. The molecule has 0 aromatic carbocycles. The number of hydrogen-bond acceptors (Lipinski definition) is 7. The molecule has 11 atom stereocenters. The van der Waals surface area contributed by atoms with Gasteiger partial charge < -0.3 is 19.3 Å². The molecule has 0 aromatic rings. The van der Waals surface area contributed by atoms with Crippen molar-refractivity contribution < 1.29 is 33.7 Å². The lowest BCUT2D eigenvalue weighted by atomic mass is 9.52. The van der Waals surface area contributed by atoms with Gasteiger partial charge in [0, 0.05) is 41.1 Å². The molecule has 2 bridgehead atoms. The van der Waals surface area contributed by atoms with E-state index >= 15 is 0 Å². The number of aliphatic hydroxyl groups excluding tert-OH is 1. The maximum Gasteiger partial charge on any atom is 0.334 e. The van der Waals surface area contributed by atoms with Gasteiger partial charge >= 0.3 is 17.9 Å². The molecule has 1 N–H and O–H groups in total. The molecule has 2 aliphatic heterocycles. The van der Waals surface area contributed by atoms with Gasteiger partial charge in [0.2, 0.25) is 0 Å². The van der Waals surface area contributed by atoms with Crippen molar-refractivity contribution in [2.24, 2.45) is 39.9 Å². The second-order valence-corrected chi connectivity index (χ2v) is 14.0. The standard InChI is InChI=1S/C32H40O7/c1-14-7-8-25(34)30(6)12-24-22(11-20(14)30)32(29(36)39-24)13-31-15(2)9-23-19(16(3)28(35)38-23)10-21(31)17(4)26(32)27(31)37-18(5)33/h15,19,22-27,34H,3,7-13H2,1-2,4-6H3/t15-,19+,22-,23-,24+,25+,26+,27?,30+,31-,32-/m1/s1. The number of allylic oxidation sites excluding steroid dienone is 1. The Hall–Kier alpha value is -2.41. The Balaban J connectivity index is 1.37. The van der Waals surface area contributed by atoms with Gasteiger partial charge in [0.1, 0.15) is 18.3 Å². The quantitative estimate of drug-likeness (QED) is 0.227. The fourth-order valence-corrected chi connectivity index (χ4v) is 10.8. The Morgan fingerprint density at radius 3 is 2.56 bits per heavy atom. The van der Waals surface area contributed by atoms with Crippen molar-refractivity contribution in [1.82, 2.24) is 0 Å². The van der Waals surface area contributed by atoms with E-state index in [2.05, 4.69) is 34.3 Å². The van der Waals surface area contributed by atoms with Crippen LogP contribution in [-0.4, -0.2) is 47.4 Å². The minimum Gasteiger partial charge on any atom is -0.462 e. The van der Waals surface area contributed by atoms with E-state index in [0.29, 0.717) is 31.3 Å². The molecular formula is C32H40O7. The highest BCUT2D eigenvalue weighted by Crippen LogP contribution is 2.76. The molecule has 0 aromatic heterocycles. The van der Waals surface area contributed by atoms with E-state index in [1.54, 1.807) is 0 Å². The van der Waals surface area contributed by atoms with Crippen molar-refractivity contribution in [2.45, 2.75) is 104 Å². The lowest BCUT2D eigenvalue weighted by Crippen LogP contribution is -2.50. The Morgan fingerprint density at radius 2 is 1.85 bits per heavy atom. The number of carbonyl (C=O) groups is 3. The fraction of sp³-hybridized carbons (Fsp3) is 0.719. The van der Waals surface area contributed by atoms with Crippen LogP contribution >= 0.6 is 0 Å². The number of hydrogen-bond donors (Lipinski definition) is 1. The third-order valence-corrected chi connectivity index (χ3v) is 12.6. The Bertz CT molecular complexity index is 1290. The van der Waals surface area contributed by atoms with Gasteiger partial charge in [-0.25, -0.2) is 4.79 Å². The maximum absolute atomic E-state index is 14.2. The van der Waals surface area contributed by atoms with Gasteiger partial charge in [0.15, 0.2) is 0 Å². The topological polar surface area (TPSA) is 99.1 Å². The van der Waals surface area contributed by atoms with Crippen LogP contribution in [0.25, 0.3) is 0 Å². The summed E-state index contributed by atoms with van der Waals surface area (Å²) in [5, 5.41) is 11.1. The largest absolute Gasteiger partial charge is 0.462 e. The van der Waals surface area contributed by atoms with Crippen LogP contribution < -0.4 is 0 Å². The third kappa shape index (κ3) is 2.90. The molecule has 2 saturated heterocycles. The molecule has 0 amide bonds. The molecule has 2 heterocycles. The van der Waals surface area contributed by atoms with Crippen LogP contribution in [0.4, 0.5) is 0 Å². The monoisotopic (exact) mass is 536 g/mol. The van der Waals surface area contributed by atoms with E-state index < -0.39 is 23.0 Å². The first-order valence-electron chi connectivity index (χ1n) is 14.7. The first-order valence-corrected chi connectivity index (χ1v) is 14.7. The molecule has 7 aliphatic rings. The van der Waals surface area contributed by atoms with Gasteiger partial charge in [-0.1, -0.05) is 42.7 Å². The number of aliphatic hydroxyl groups is 1. The highest BCUT2D eigenvalue weighted by molar-refractivity contribution is 5.91. The lowest BCUT2D eigenvalue weighted by Gasteiger charge is -2.50. The zero-order chi connectivity index (χ0) is 27.8. The minimum absolute atomic E-state index is 0.0306. The summed E-state index contributed by atoms with van der Waals surface area (Å²) in [5.74, 6) is -1.17. The van der Waals surface area contributed by atoms with Gasteiger partial charge in [-0.3, -0.25) is 9.59 Å². The molecular weight excluding hydrogens is 496 g/mol. The van der Waals surface area contributed by atoms with Crippen molar-refractivity contribution >= 4 is 17.9 Å². The molecule has 5 fully saturated rings. The Morgan fingerprint density at radius 1 is 1.10 bits per heavy atom. The molecule has 0 radical (unpaired) electrons. The minimum atomic E-state index is -0.781. The van der Waals surface area contributed by atoms with Crippen LogP contribution in [0, 0.1) is 39.9 Å². The average molecular weight is 537 g/mol. The SMILES string of the molecule is C=C1C(=O)O[C@@H]2C[C@@H](C)[C@]34C[C@]5(C(=O)O[C@H]6C[C@@]7(C)C(=C(C)CC[C@@H]7O)C[C@H]65)[C@@H](C(C)=C3C[C@@H]12)C4OC(C)=O. The van der Waals surface area contributed by atoms with Crippen molar-refractivity contribution in [3.63, 3.8) is 0 Å². The number of fused-ring (bicyclic) bond motifs is 6. The van der Waals surface area contributed by atoms with Crippen molar-refractivity contribution in [3.8, 4) is 0 Å². The molecule has 1 unspecified atom stereocenters. The maximum atomic E-state index is 14.2. The number of ether oxygens (including phenoxy) is 3. The molecule has 7 nitrogen and oxygen atoms in total. The summed E-state index contributed by atoms with van der Waals surface area (Å²) in [7, 11) is 0. The third-order valence-electron chi connectivity index (χ3n) is 12.6. The second-order valence-electron chi connectivity index (χ2n) is 14.0. The molecule has 3 saturated carbocycles. The summed E-state index contributed by atoms with van der Waals surface area (Å²) in [6, 6.07) is 0. The summed E-state index contributed by atoms with van der Waals surface area (Å²) < 4.78 is 18.3. The van der Waals surface area contributed by atoms with Crippen LogP contribution in [0.5, 0.6) is 0 Å². The first-order chi connectivity index (χ1) is 18.4. The smallest absolute Gasteiger partial charge is 0.334 e. The highest BCUT2D eigenvalue weighted by atomic mass is 16.6. The normalized spacial score (nSPS) is 49.8. The van der Waals surface area contributed by atoms with Crippen molar-refractivity contribution in [2.75, 3.05) is 0 Å². The van der Waals surface area contributed by atoms with Gasteiger partial charge in [-0.2, -0.15) is 0 Å². The molecule has 39 heavy (non-hydrogen) atoms. The predicted molar refractivity (Wildman–Crippen MR) is 141 cm³/mol. The van der Waals surface area contributed by atoms with Gasteiger partial charge in [0.25, 0.3) is 0 Å². The van der Waals surface area contributed by atoms with Crippen LogP contribution in [0.1, 0.15) is 79.6 Å². The van der Waals surface area contributed by atoms with Gasteiger partial charge in [-0.05, 0) is 64.7 Å². The molecule has 7 heteroatoms. The summed E-state index contributed by atoms with van der Waals surface area (Å²) in [5.41, 5.74) is 3.81. The van der Waals surface area contributed by atoms with Gasteiger partial charge in [-0.15, -0.1) is 0 Å². The predicted octanol–water partition coefficient (Wildman–Crippen LogP) is 4.58. The van der Waals surface area contributed by atoms with E-state index in [9.17, 15) is 19.5 Å². The Labute approximate surface area is 230 Å². The van der Waals surface area contributed by atoms with Crippen molar-refractivity contribution in [3.05, 3.63) is 34.4 Å². The van der Waals surface area contributed by atoms with Crippen LogP contribution in [-0.2, 0) is 28.6 Å². The lowest BCUT2D eigenvalue weighted by molar-refractivity contribution is -0.156. The number of carbonyl (C=O) groups excluding carboxylic acids is 3. The van der Waals surface area contributed by atoms with Crippen LogP contribution in [0.15, 0.2) is 34.4 Å². The van der Waals surface area contributed by atoms with Crippen molar-refractivity contribution in [1.29, 1.82) is 0 Å². The van der Waals surface area contributed by atoms with E-state index in [1.165, 1.54) is 23.6 Å². The average Bonchev–Trinajstić information content (AvgIpc) is 3.44. The van der Waals surface area contributed by atoms with E-state index in [4.69, 9.17) is 14.2 Å². The number of esters is 3. The molecule has 2 spiro atoms. The highest BCUT2D eigenvalue weighted by Gasteiger charge is 2.79. The Kier molecular flexibility index (Phi) is 5.15. The summed E-state index contributed by atoms with van der Waals surface area (Å²) in [6.45, 7) is 14.1. The summed E-state index contributed by atoms with van der Waals surface area (Å²) in [6.07, 6.45) is 3.44. The summed E-state index contributed by atoms with van der Waals surface area (Å²) >= 11 is 0. The second kappa shape index (κ2) is 7.86. The van der Waals surface area contributed by atoms with Crippen LogP contribution in [0.3, 0.4) is 0 Å². The number of rotatable bonds is 1. The molecule has 210 valence electrons. The summed E-state index contributed by atoms with van der Waals surface area (Å²) in [4.78, 5) is 39.2. The zero-order valence-corrected chi connectivity index (χ0v) is 23.7. The van der Waals surface area contributed by atoms with E-state index in [0.717, 1.165) is 24.8 Å². The first kappa shape index (κ1) is 25.6. The van der Waals surface area contributed by atoms with Crippen LogP contribution in [0.2, 0.25) is 0 Å². The van der Waals surface area contributed by atoms with Gasteiger partial charge in [0.05, 0.1) is 11.5 Å².